The van der Waals surface area contributed by atoms with Gasteiger partial charge in [-0.1, -0.05) is 37.6 Å². The van der Waals surface area contributed by atoms with Crippen molar-refractivity contribution in [2.75, 3.05) is 48.3 Å². The predicted octanol–water partition coefficient (Wildman–Crippen LogP) is 2.27. The molecule has 1 saturated heterocycles. The normalized spacial score (nSPS) is 25.7. The molecule has 3 N–H and O–H groups in total. The van der Waals surface area contributed by atoms with Crippen LogP contribution in [0.4, 0.5) is 17.3 Å². The summed E-state index contributed by atoms with van der Waals surface area (Å²) in [6.45, 7) is 8.84. The van der Waals surface area contributed by atoms with Gasteiger partial charge in [0, 0.05) is 49.2 Å². The maximum absolute atomic E-state index is 12.0. The number of rotatable bonds is 7. The number of benzene rings is 1. The summed E-state index contributed by atoms with van der Waals surface area (Å²) in [5, 5.41) is 18.8. The minimum atomic E-state index is -0.638. The molecule has 2 aromatic rings. The first-order valence-corrected chi connectivity index (χ1v) is 12.6. The number of halogens is 1. The lowest BCUT2D eigenvalue weighted by Gasteiger charge is -2.45. The van der Waals surface area contributed by atoms with Gasteiger partial charge in [-0.15, -0.1) is 0 Å². The number of hydrogen-bond acceptors (Lipinski definition) is 8. The molecule has 0 bridgehead atoms. The Hall–Kier alpha value is -2.46. The quantitative estimate of drug-likeness (QED) is 0.534. The van der Waals surface area contributed by atoms with Gasteiger partial charge in [-0.05, 0) is 31.0 Å². The summed E-state index contributed by atoms with van der Waals surface area (Å²) in [5.74, 6) is 1.24. The third-order valence-electron chi connectivity index (χ3n) is 7.60. The van der Waals surface area contributed by atoms with Gasteiger partial charge in [-0.25, -0.2) is 9.97 Å². The lowest BCUT2D eigenvalue weighted by molar-refractivity contribution is -0.115. The van der Waals surface area contributed by atoms with Crippen LogP contribution in [0.25, 0.3) is 0 Å². The van der Waals surface area contributed by atoms with Gasteiger partial charge in [0.05, 0.1) is 12.6 Å². The molecular weight excluding hydrogens is 466 g/mol. The van der Waals surface area contributed by atoms with Crippen LogP contribution in [0.15, 0.2) is 30.6 Å². The second-order valence-corrected chi connectivity index (χ2v) is 10.8. The Labute approximate surface area is 211 Å². The van der Waals surface area contributed by atoms with Crippen molar-refractivity contribution in [2.24, 2.45) is 0 Å². The average molecular weight is 500 g/mol. The van der Waals surface area contributed by atoms with E-state index in [0.29, 0.717) is 30.0 Å². The number of likely N-dealkylation sites (N-methyl/N-ethyl adjacent to an activating group) is 1. The Balaban J connectivity index is 1.39. The first kappa shape index (κ1) is 24.2. The van der Waals surface area contributed by atoms with Gasteiger partial charge in [0.15, 0.2) is 11.6 Å². The number of aliphatic hydroxyl groups is 1. The highest BCUT2D eigenvalue weighted by Gasteiger charge is 2.62. The average Bonchev–Trinajstić information content (AvgIpc) is 3.51. The van der Waals surface area contributed by atoms with Gasteiger partial charge in [-0.3, -0.25) is 9.69 Å². The second kappa shape index (κ2) is 9.20. The predicted molar refractivity (Wildman–Crippen MR) is 138 cm³/mol. The summed E-state index contributed by atoms with van der Waals surface area (Å²) in [6.07, 6.45) is 1.81. The number of anilines is 3. The van der Waals surface area contributed by atoms with Crippen LogP contribution in [0.5, 0.6) is 0 Å². The number of nitrogens with zero attached hydrogens (tertiary/aromatic N) is 5. The Kier molecular flexibility index (Phi) is 6.37. The molecule has 2 fully saturated rings. The maximum atomic E-state index is 12.0. The van der Waals surface area contributed by atoms with Crippen LogP contribution in [-0.4, -0.2) is 83.0 Å². The summed E-state index contributed by atoms with van der Waals surface area (Å²) in [7, 11) is 1.90. The van der Waals surface area contributed by atoms with E-state index in [1.807, 2.05) is 36.2 Å². The third-order valence-corrected chi connectivity index (χ3v) is 7.85. The van der Waals surface area contributed by atoms with E-state index in [4.69, 9.17) is 11.6 Å². The molecule has 188 valence electrons. The van der Waals surface area contributed by atoms with Crippen LogP contribution in [0.2, 0.25) is 5.02 Å². The zero-order chi connectivity index (χ0) is 24.9. The van der Waals surface area contributed by atoms with Crippen molar-refractivity contribution in [1.82, 2.24) is 20.2 Å². The fourth-order valence-corrected chi connectivity index (χ4v) is 5.70. The van der Waals surface area contributed by atoms with Gasteiger partial charge in [0.25, 0.3) is 0 Å². The molecule has 0 radical (unpaired) electrons. The molecule has 9 nitrogen and oxygen atoms in total. The van der Waals surface area contributed by atoms with Gasteiger partial charge in [-0.2, -0.15) is 0 Å². The number of carbonyl (C=O) groups excluding carboxylic acids is 1. The SMILES string of the molecule is CC(C)NC[C@H](c1ccc(Cl)cc1)C(O)N1CCN(c2ncnc3c2N(C)CC(=O)N3)[C@@H]2C[C@]21C. The molecule has 1 amide bonds. The summed E-state index contributed by atoms with van der Waals surface area (Å²) in [4.78, 5) is 27.4. The number of nitrogens with one attached hydrogen (secondary N) is 2. The second-order valence-electron chi connectivity index (χ2n) is 10.4. The molecule has 2 aliphatic heterocycles. The fraction of sp³-hybridized carbons (Fsp3) is 0.560. The van der Waals surface area contributed by atoms with Crippen LogP contribution < -0.4 is 20.4 Å². The molecule has 35 heavy (non-hydrogen) atoms. The molecule has 1 aliphatic carbocycles. The van der Waals surface area contributed by atoms with E-state index >= 15 is 0 Å². The summed E-state index contributed by atoms with van der Waals surface area (Å²) < 4.78 is 0. The number of carbonyl (C=O) groups is 1. The summed E-state index contributed by atoms with van der Waals surface area (Å²) in [6, 6.07) is 8.34. The lowest BCUT2D eigenvalue weighted by Crippen LogP contribution is -2.58. The highest BCUT2D eigenvalue weighted by Crippen LogP contribution is 2.52. The molecular formula is C25H34ClN7O2. The molecule has 1 aromatic carbocycles. The van der Waals surface area contributed by atoms with E-state index in [-0.39, 0.29) is 30.0 Å². The molecule has 1 aromatic heterocycles. The molecule has 0 spiro atoms. The van der Waals surface area contributed by atoms with Gasteiger partial charge < -0.3 is 25.5 Å². The van der Waals surface area contributed by atoms with E-state index < -0.39 is 6.23 Å². The highest BCUT2D eigenvalue weighted by atomic mass is 35.5. The number of piperazine rings is 1. The van der Waals surface area contributed by atoms with Crippen LogP contribution in [0.3, 0.4) is 0 Å². The first-order chi connectivity index (χ1) is 16.7. The minimum Gasteiger partial charge on any atom is -0.378 e. The van der Waals surface area contributed by atoms with Crippen molar-refractivity contribution in [1.29, 1.82) is 0 Å². The highest BCUT2D eigenvalue weighted by molar-refractivity contribution is 6.30. The van der Waals surface area contributed by atoms with E-state index in [1.165, 1.54) is 6.33 Å². The van der Waals surface area contributed by atoms with Crippen molar-refractivity contribution < 1.29 is 9.90 Å². The molecule has 5 rings (SSSR count). The number of hydrogen-bond donors (Lipinski definition) is 3. The van der Waals surface area contributed by atoms with Crippen molar-refractivity contribution >= 4 is 34.8 Å². The van der Waals surface area contributed by atoms with Gasteiger partial charge >= 0.3 is 0 Å². The minimum absolute atomic E-state index is 0.0721. The number of fused-ring (bicyclic) bond motifs is 2. The molecule has 10 heteroatoms. The molecule has 1 unspecified atom stereocenters. The summed E-state index contributed by atoms with van der Waals surface area (Å²) >= 11 is 6.14. The zero-order valence-electron chi connectivity index (χ0n) is 20.7. The van der Waals surface area contributed by atoms with Crippen LogP contribution >= 0.6 is 11.6 Å². The first-order valence-electron chi connectivity index (χ1n) is 12.3. The Morgan fingerprint density at radius 3 is 2.71 bits per heavy atom. The molecule has 1 saturated carbocycles. The standard InChI is InChI=1S/C25H34ClN7O2/c1-15(2)27-12-18(16-5-7-17(26)8-6-16)24(35)33-10-9-32(19-11-25(19,33)3)23-21-22(28-14-29-23)30-20(34)13-31(21)4/h5-8,14-15,18-19,24,27,35H,9-13H2,1-4H3,(H,28,29,30,34)/t18-,19-,24?,25-/m1/s1. The third kappa shape index (κ3) is 4.46. The van der Waals surface area contributed by atoms with Crippen molar-refractivity contribution in [3.63, 3.8) is 0 Å². The molecule has 3 aliphatic rings. The van der Waals surface area contributed by atoms with Crippen molar-refractivity contribution in [2.45, 2.75) is 57.0 Å². The number of aliphatic hydroxyl groups excluding tert-OH is 1. The van der Waals surface area contributed by atoms with Gasteiger partial charge in [0.2, 0.25) is 5.91 Å². The van der Waals surface area contributed by atoms with Crippen LogP contribution in [0.1, 0.15) is 38.7 Å². The monoisotopic (exact) mass is 499 g/mol. The van der Waals surface area contributed by atoms with Crippen molar-refractivity contribution in [3.8, 4) is 0 Å². The van der Waals surface area contributed by atoms with E-state index in [1.54, 1.807) is 0 Å². The van der Waals surface area contributed by atoms with Crippen LogP contribution in [-0.2, 0) is 4.79 Å². The Morgan fingerprint density at radius 2 is 2.00 bits per heavy atom. The Bertz CT molecular complexity index is 1100. The van der Waals surface area contributed by atoms with E-state index in [0.717, 1.165) is 30.0 Å². The Morgan fingerprint density at radius 1 is 1.26 bits per heavy atom. The van der Waals surface area contributed by atoms with E-state index in [9.17, 15) is 9.90 Å². The largest absolute Gasteiger partial charge is 0.378 e. The lowest BCUT2D eigenvalue weighted by atomic mass is 9.94. The van der Waals surface area contributed by atoms with Gasteiger partial charge in [0.1, 0.15) is 18.2 Å². The molecule has 4 atom stereocenters. The van der Waals surface area contributed by atoms with E-state index in [2.05, 4.69) is 51.2 Å². The zero-order valence-corrected chi connectivity index (χ0v) is 21.5. The topological polar surface area (TPSA) is 96.9 Å². The number of amides is 1. The summed E-state index contributed by atoms with van der Waals surface area (Å²) in [5.41, 5.74) is 1.75. The fourth-order valence-electron chi connectivity index (χ4n) is 5.58. The van der Waals surface area contributed by atoms with Crippen LogP contribution in [0, 0.1) is 0 Å². The van der Waals surface area contributed by atoms with Crippen molar-refractivity contribution in [3.05, 3.63) is 41.2 Å². The molecule has 3 heterocycles. The smallest absolute Gasteiger partial charge is 0.245 e. The number of aromatic nitrogens is 2. The maximum Gasteiger partial charge on any atom is 0.245 e.